The lowest BCUT2D eigenvalue weighted by Gasteiger charge is -2.10. The molecule has 1 unspecified atom stereocenters. The van der Waals surface area contributed by atoms with Crippen LogP contribution in [-0.2, 0) is 4.74 Å². The first-order valence-corrected chi connectivity index (χ1v) is 4.79. The number of rotatable bonds is 4. The van der Waals surface area contributed by atoms with Crippen LogP contribution in [0.25, 0.3) is 0 Å². The average Bonchev–Trinajstić information content (AvgIpc) is 2.15. The minimum absolute atomic E-state index is 0.598. The van der Waals surface area contributed by atoms with Crippen LogP contribution in [0.1, 0.15) is 30.4 Å². The lowest BCUT2D eigenvalue weighted by Crippen LogP contribution is -1.98. The second-order valence-corrected chi connectivity index (χ2v) is 3.59. The molecule has 0 radical (unpaired) electrons. The molecule has 0 fully saturated rings. The Morgan fingerprint density at radius 1 is 1.23 bits per heavy atom. The summed E-state index contributed by atoms with van der Waals surface area (Å²) in [7, 11) is 1.75. The molecule has 0 heterocycles. The van der Waals surface area contributed by atoms with Crippen LogP contribution in [0.4, 0.5) is 0 Å². The summed E-state index contributed by atoms with van der Waals surface area (Å²) in [4.78, 5) is 0. The molecule has 72 valence electrons. The quantitative estimate of drug-likeness (QED) is 0.688. The normalized spacial score (nSPS) is 12.8. The number of hydrogen-bond donors (Lipinski definition) is 0. The first-order chi connectivity index (χ1) is 6.24. The second-order valence-electron chi connectivity index (χ2n) is 3.59. The SMILES string of the molecule is COCCC(C)c1ccc(C)cc1. The zero-order valence-corrected chi connectivity index (χ0v) is 8.71. The number of aryl methyl sites for hydroxylation is 1. The van der Waals surface area contributed by atoms with Gasteiger partial charge in [0.15, 0.2) is 0 Å². The van der Waals surface area contributed by atoms with E-state index in [0.717, 1.165) is 13.0 Å². The summed E-state index contributed by atoms with van der Waals surface area (Å²) >= 11 is 0. The van der Waals surface area contributed by atoms with E-state index in [0.29, 0.717) is 5.92 Å². The highest BCUT2D eigenvalue weighted by Crippen LogP contribution is 2.18. The van der Waals surface area contributed by atoms with Gasteiger partial charge < -0.3 is 4.74 Å². The second kappa shape index (κ2) is 5.03. The summed E-state index contributed by atoms with van der Waals surface area (Å²) in [6.45, 7) is 5.20. The molecular formula is C12H18O. The van der Waals surface area contributed by atoms with Gasteiger partial charge in [-0.25, -0.2) is 0 Å². The van der Waals surface area contributed by atoms with Crippen molar-refractivity contribution < 1.29 is 4.74 Å². The molecule has 0 spiro atoms. The third-order valence-electron chi connectivity index (χ3n) is 2.40. The highest BCUT2D eigenvalue weighted by Gasteiger charge is 2.03. The van der Waals surface area contributed by atoms with Crippen LogP contribution >= 0.6 is 0 Å². The molecule has 0 aliphatic rings. The third-order valence-corrected chi connectivity index (χ3v) is 2.40. The van der Waals surface area contributed by atoms with Crippen LogP contribution in [-0.4, -0.2) is 13.7 Å². The van der Waals surface area contributed by atoms with Crippen molar-refractivity contribution in [3.8, 4) is 0 Å². The Morgan fingerprint density at radius 3 is 2.38 bits per heavy atom. The molecule has 0 saturated heterocycles. The lowest BCUT2D eigenvalue weighted by molar-refractivity contribution is 0.189. The molecule has 0 aliphatic heterocycles. The molecule has 13 heavy (non-hydrogen) atoms. The minimum atomic E-state index is 0.598. The van der Waals surface area contributed by atoms with E-state index in [2.05, 4.69) is 38.1 Å². The molecule has 1 rings (SSSR count). The van der Waals surface area contributed by atoms with Gasteiger partial charge in [-0.15, -0.1) is 0 Å². The highest BCUT2D eigenvalue weighted by molar-refractivity contribution is 5.23. The Kier molecular flexibility index (Phi) is 3.97. The first kappa shape index (κ1) is 10.3. The number of benzene rings is 1. The molecular weight excluding hydrogens is 160 g/mol. The van der Waals surface area contributed by atoms with Gasteiger partial charge in [0.25, 0.3) is 0 Å². The summed E-state index contributed by atoms with van der Waals surface area (Å²) in [6, 6.07) is 8.74. The van der Waals surface area contributed by atoms with Crippen molar-refractivity contribution in [1.29, 1.82) is 0 Å². The number of methoxy groups -OCH3 is 1. The van der Waals surface area contributed by atoms with Crippen LogP contribution < -0.4 is 0 Å². The van der Waals surface area contributed by atoms with Crippen molar-refractivity contribution >= 4 is 0 Å². The van der Waals surface area contributed by atoms with Gasteiger partial charge in [0.05, 0.1) is 0 Å². The van der Waals surface area contributed by atoms with E-state index < -0.39 is 0 Å². The summed E-state index contributed by atoms with van der Waals surface area (Å²) in [5.41, 5.74) is 2.73. The van der Waals surface area contributed by atoms with Crippen LogP contribution in [0.3, 0.4) is 0 Å². The van der Waals surface area contributed by atoms with Gasteiger partial charge in [0.2, 0.25) is 0 Å². The van der Waals surface area contributed by atoms with E-state index in [1.807, 2.05) is 0 Å². The van der Waals surface area contributed by atoms with E-state index in [1.54, 1.807) is 7.11 Å². The smallest absolute Gasteiger partial charge is 0.0467 e. The maximum atomic E-state index is 5.06. The topological polar surface area (TPSA) is 9.23 Å². The largest absolute Gasteiger partial charge is 0.385 e. The van der Waals surface area contributed by atoms with E-state index in [1.165, 1.54) is 11.1 Å². The van der Waals surface area contributed by atoms with Crippen molar-refractivity contribution in [2.45, 2.75) is 26.2 Å². The van der Waals surface area contributed by atoms with Gasteiger partial charge in [-0.3, -0.25) is 0 Å². The molecule has 0 aliphatic carbocycles. The fourth-order valence-corrected chi connectivity index (χ4v) is 1.36. The van der Waals surface area contributed by atoms with Crippen LogP contribution in [0, 0.1) is 6.92 Å². The van der Waals surface area contributed by atoms with Crippen molar-refractivity contribution in [2.24, 2.45) is 0 Å². The number of ether oxygens (including phenoxy) is 1. The van der Waals surface area contributed by atoms with Crippen molar-refractivity contribution in [3.63, 3.8) is 0 Å². The van der Waals surface area contributed by atoms with E-state index in [9.17, 15) is 0 Å². The van der Waals surface area contributed by atoms with E-state index in [4.69, 9.17) is 4.74 Å². The molecule has 1 aromatic rings. The molecule has 1 atom stereocenters. The van der Waals surface area contributed by atoms with Crippen LogP contribution in [0.15, 0.2) is 24.3 Å². The Hall–Kier alpha value is -0.820. The monoisotopic (exact) mass is 178 g/mol. The number of hydrogen-bond acceptors (Lipinski definition) is 1. The van der Waals surface area contributed by atoms with Gasteiger partial charge in [0.1, 0.15) is 0 Å². The third kappa shape index (κ3) is 3.19. The zero-order valence-electron chi connectivity index (χ0n) is 8.71. The molecule has 0 aromatic heterocycles. The molecule has 1 heteroatoms. The van der Waals surface area contributed by atoms with Gasteiger partial charge in [-0.1, -0.05) is 36.8 Å². The Balaban J connectivity index is 2.55. The summed E-state index contributed by atoms with van der Waals surface area (Å²) in [6.07, 6.45) is 1.10. The van der Waals surface area contributed by atoms with Gasteiger partial charge in [-0.2, -0.15) is 0 Å². The molecule has 1 aromatic carbocycles. The van der Waals surface area contributed by atoms with Gasteiger partial charge in [0, 0.05) is 13.7 Å². The molecule has 0 saturated carbocycles. The minimum Gasteiger partial charge on any atom is -0.385 e. The van der Waals surface area contributed by atoms with Crippen molar-refractivity contribution in [3.05, 3.63) is 35.4 Å². The summed E-state index contributed by atoms with van der Waals surface area (Å²) in [5.74, 6) is 0.598. The molecule has 0 bridgehead atoms. The van der Waals surface area contributed by atoms with E-state index in [-0.39, 0.29) is 0 Å². The standard InChI is InChI=1S/C12H18O/c1-10-4-6-12(7-5-10)11(2)8-9-13-3/h4-7,11H,8-9H2,1-3H3. The van der Waals surface area contributed by atoms with Crippen LogP contribution in [0.5, 0.6) is 0 Å². The Morgan fingerprint density at radius 2 is 1.85 bits per heavy atom. The predicted octanol–water partition coefficient (Wildman–Crippen LogP) is 3.14. The van der Waals surface area contributed by atoms with Crippen molar-refractivity contribution in [1.82, 2.24) is 0 Å². The summed E-state index contributed by atoms with van der Waals surface area (Å²) in [5, 5.41) is 0. The fourth-order valence-electron chi connectivity index (χ4n) is 1.36. The van der Waals surface area contributed by atoms with E-state index >= 15 is 0 Å². The van der Waals surface area contributed by atoms with Crippen LogP contribution in [0.2, 0.25) is 0 Å². The molecule has 1 nitrogen and oxygen atoms in total. The average molecular weight is 178 g/mol. The Bertz CT molecular complexity index is 238. The van der Waals surface area contributed by atoms with Crippen molar-refractivity contribution in [2.75, 3.05) is 13.7 Å². The fraction of sp³-hybridized carbons (Fsp3) is 0.500. The Labute approximate surface area is 80.7 Å². The predicted molar refractivity (Wildman–Crippen MR) is 56.1 cm³/mol. The van der Waals surface area contributed by atoms with Gasteiger partial charge in [-0.05, 0) is 24.8 Å². The molecule has 0 amide bonds. The lowest BCUT2D eigenvalue weighted by atomic mass is 9.97. The first-order valence-electron chi connectivity index (χ1n) is 4.79. The summed E-state index contributed by atoms with van der Waals surface area (Å²) < 4.78 is 5.06. The maximum absolute atomic E-state index is 5.06. The van der Waals surface area contributed by atoms with Gasteiger partial charge >= 0.3 is 0 Å². The molecule has 0 N–H and O–H groups in total. The zero-order chi connectivity index (χ0) is 9.68. The maximum Gasteiger partial charge on any atom is 0.0467 e. The highest BCUT2D eigenvalue weighted by atomic mass is 16.5.